The second kappa shape index (κ2) is 7.15. The monoisotopic (exact) mass is 336 g/mol. The van der Waals surface area contributed by atoms with Gasteiger partial charge in [-0.15, -0.1) is 0 Å². The van der Waals surface area contributed by atoms with Gasteiger partial charge in [-0.25, -0.2) is 0 Å². The van der Waals surface area contributed by atoms with E-state index in [1.807, 2.05) is 18.2 Å². The Kier molecular flexibility index (Phi) is 4.74. The molecule has 4 rings (SSSR count). The van der Waals surface area contributed by atoms with E-state index in [0.717, 1.165) is 47.8 Å². The van der Waals surface area contributed by atoms with Gasteiger partial charge >= 0.3 is 0 Å². The lowest BCUT2D eigenvalue weighted by Gasteiger charge is -2.25. The number of para-hydroxylation sites is 1. The summed E-state index contributed by atoms with van der Waals surface area (Å²) in [7, 11) is 0. The first-order valence-corrected chi connectivity index (χ1v) is 9.93. The number of amides is 1. The first-order chi connectivity index (χ1) is 12.2. The maximum absolute atomic E-state index is 13.3. The van der Waals surface area contributed by atoms with Gasteiger partial charge in [-0.1, -0.05) is 50.8 Å². The summed E-state index contributed by atoms with van der Waals surface area (Å²) < 4.78 is 0. The molecule has 1 aromatic carbocycles. The Morgan fingerprint density at radius 2 is 1.84 bits per heavy atom. The molecule has 1 atom stereocenters. The number of aromatic nitrogens is 1. The molecule has 1 amide bonds. The van der Waals surface area contributed by atoms with E-state index in [1.54, 1.807) is 0 Å². The summed E-state index contributed by atoms with van der Waals surface area (Å²) >= 11 is 0. The van der Waals surface area contributed by atoms with E-state index >= 15 is 0 Å². The van der Waals surface area contributed by atoms with Crippen LogP contribution in [0.3, 0.4) is 0 Å². The molecule has 0 spiro atoms. The summed E-state index contributed by atoms with van der Waals surface area (Å²) in [5.41, 5.74) is 4.20. The van der Waals surface area contributed by atoms with E-state index in [2.05, 4.69) is 18.3 Å². The highest BCUT2D eigenvalue weighted by Gasteiger charge is 2.26. The molecule has 3 nitrogen and oxygen atoms in total. The van der Waals surface area contributed by atoms with Crippen LogP contribution in [0.4, 0.5) is 0 Å². The minimum atomic E-state index is 0.121. The van der Waals surface area contributed by atoms with Gasteiger partial charge in [-0.3, -0.25) is 9.78 Å². The Bertz CT molecular complexity index is 775. The molecule has 0 unspecified atom stereocenters. The molecule has 0 radical (unpaired) electrons. The fourth-order valence-corrected chi connectivity index (χ4v) is 4.50. The van der Waals surface area contributed by atoms with E-state index in [0.29, 0.717) is 12.0 Å². The maximum atomic E-state index is 13.3. The Hall–Kier alpha value is -1.90. The van der Waals surface area contributed by atoms with Crippen molar-refractivity contribution in [1.29, 1.82) is 0 Å². The van der Waals surface area contributed by atoms with Crippen LogP contribution in [0.15, 0.2) is 24.3 Å². The lowest BCUT2D eigenvalue weighted by Crippen LogP contribution is -2.35. The number of carbonyl (C=O) groups excluding carboxylic acids is 1. The molecule has 2 aliphatic carbocycles. The van der Waals surface area contributed by atoms with Crippen LogP contribution in [-0.2, 0) is 12.8 Å². The minimum absolute atomic E-state index is 0.121. The normalized spacial score (nSPS) is 21.6. The van der Waals surface area contributed by atoms with E-state index in [1.165, 1.54) is 37.7 Å². The zero-order valence-electron chi connectivity index (χ0n) is 15.2. The van der Waals surface area contributed by atoms with Crippen molar-refractivity contribution in [3.05, 3.63) is 41.1 Å². The van der Waals surface area contributed by atoms with Gasteiger partial charge in [0, 0.05) is 17.1 Å². The molecule has 2 aromatic rings. The Morgan fingerprint density at radius 1 is 1.08 bits per heavy atom. The number of carbonyl (C=O) groups is 1. The topological polar surface area (TPSA) is 42.0 Å². The highest BCUT2D eigenvalue weighted by molar-refractivity contribution is 6.07. The molecule has 2 aliphatic rings. The predicted molar refractivity (Wildman–Crippen MR) is 102 cm³/mol. The number of fused-ring (bicyclic) bond motifs is 2. The van der Waals surface area contributed by atoms with Crippen LogP contribution in [0.1, 0.15) is 73.5 Å². The van der Waals surface area contributed by atoms with Crippen LogP contribution in [0.25, 0.3) is 10.9 Å². The van der Waals surface area contributed by atoms with Crippen LogP contribution in [0.5, 0.6) is 0 Å². The van der Waals surface area contributed by atoms with Crippen LogP contribution in [-0.4, -0.2) is 16.9 Å². The first-order valence-electron chi connectivity index (χ1n) is 9.93. The van der Waals surface area contributed by atoms with Crippen molar-refractivity contribution in [3.8, 4) is 0 Å². The summed E-state index contributed by atoms with van der Waals surface area (Å²) in [6.45, 7) is 2.28. The van der Waals surface area contributed by atoms with Crippen molar-refractivity contribution >= 4 is 16.8 Å². The van der Waals surface area contributed by atoms with Crippen molar-refractivity contribution in [1.82, 2.24) is 10.3 Å². The third-order valence-electron chi connectivity index (χ3n) is 5.92. The van der Waals surface area contributed by atoms with Crippen LogP contribution < -0.4 is 5.32 Å². The maximum Gasteiger partial charge on any atom is 0.252 e. The van der Waals surface area contributed by atoms with Gasteiger partial charge in [-0.05, 0) is 49.7 Å². The standard InChI is InChI=1S/C22H28N2O/c1-15-12-13-20-18(14-15)21(17-10-6-7-11-19(17)24-20)22(25)23-16-8-4-2-3-5-9-16/h6-7,10-11,15-16H,2-5,8-9,12-14H2,1H3,(H,23,25)/t15-/m1/s1. The Labute approximate surface area is 150 Å². The van der Waals surface area contributed by atoms with Crippen LogP contribution in [0, 0.1) is 5.92 Å². The van der Waals surface area contributed by atoms with Gasteiger partial charge in [0.25, 0.3) is 5.91 Å². The van der Waals surface area contributed by atoms with E-state index < -0.39 is 0 Å². The number of nitrogens with one attached hydrogen (secondary N) is 1. The minimum Gasteiger partial charge on any atom is -0.349 e. The largest absolute Gasteiger partial charge is 0.349 e. The Morgan fingerprint density at radius 3 is 2.64 bits per heavy atom. The van der Waals surface area contributed by atoms with Crippen LogP contribution >= 0.6 is 0 Å². The molecule has 0 saturated heterocycles. The molecular formula is C22H28N2O. The van der Waals surface area contributed by atoms with Gasteiger partial charge in [0.1, 0.15) is 0 Å². The summed E-state index contributed by atoms with van der Waals surface area (Å²) in [6, 6.07) is 8.46. The van der Waals surface area contributed by atoms with Crippen molar-refractivity contribution in [3.63, 3.8) is 0 Å². The van der Waals surface area contributed by atoms with E-state index in [4.69, 9.17) is 4.98 Å². The van der Waals surface area contributed by atoms with Gasteiger partial charge in [0.15, 0.2) is 0 Å². The van der Waals surface area contributed by atoms with Crippen LogP contribution in [0.2, 0.25) is 0 Å². The SMILES string of the molecule is C[C@@H]1CCc2nc3ccccc3c(C(=O)NC3CCCCCC3)c2C1. The molecule has 25 heavy (non-hydrogen) atoms. The molecular weight excluding hydrogens is 308 g/mol. The Balaban J connectivity index is 1.73. The number of pyridine rings is 1. The van der Waals surface area contributed by atoms with E-state index in [9.17, 15) is 4.79 Å². The third-order valence-corrected chi connectivity index (χ3v) is 5.92. The number of hydrogen-bond acceptors (Lipinski definition) is 2. The molecule has 0 bridgehead atoms. The number of benzene rings is 1. The highest BCUT2D eigenvalue weighted by Crippen LogP contribution is 2.31. The quantitative estimate of drug-likeness (QED) is 0.800. The second-order valence-corrected chi connectivity index (χ2v) is 7.94. The molecule has 1 fully saturated rings. The third kappa shape index (κ3) is 3.42. The molecule has 1 saturated carbocycles. The zero-order chi connectivity index (χ0) is 17.2. The lowest BCUT2D eigenvalue weighted by molar-refractivity contribution is 0.0933. The number of nitrogens with zero attached hydrogens (tertiary/aromatic N) is 1. The zero-order valence-corrected chi connectivity index (χ0v) is 15.2. The van der Waals surface area contributed by atoms with E-state index in [-0.39, 0.29) is 5.91 Å². The number of aryl methyl sites for hydroxylation is 1. The number of hydrogen-bond donors (Lipinski definition) is 1. The van der Waals surface area contributed by atoms with Crippen molar-refractivity contribution in [2.45, 2.75) is 70.8 Å². The molecule has 3 heteroatoms. The fourth-order valence-electron chi connectivity index (χ4n) is 4.50. The fraction of sp³-hybridized carbons (Fsp3) is 0.545. The average molecular weight is 336 g/mol. The van der Waals surface area contributed by atoms with Crippen molar-refractivity contribution in [2.75, 3.05) is 0 Å². The second-order valence-electron chi connectivity index (χ2n) is 7.94. The summed E-state index contributed by atoms with van der Waals surface area (Å²) in [5.74, 6) is 0.746. The first kappa shape index (κ1) is 16.6. The van der Waals surface area contributed by atoms with Gasteiger partial charge in [0.2, 0.25) is 0 Å². The highest BCUT2D eigenvalue weighted by atomic mass is 16.1. The van der Waals surface area contributed by atoms with Gasteiger partial charge < -0.3 is 5.32 Å². The average Bonchev–Trinajstić information content (AvgIpc) is 2.88. The smallest absolute Gasteiger partial charge is 0.252 e. The van der Waals surface area contributed by atoms with Gasteiger partial charge in [0.05, 0.1) is 11.1 Å². The van der Waals surface area contributed by atoms with Gasteiger partial charge in [-0.2, -0.15) is 0 Å². The summed E-state index contributed by atoms with van der Waals surface area (Å²) in [6.07, 6.45) is 10.4. The molecule has 1 heterocycles. The number of rotatable bonds is 2. The lowest BCUT2D eigenvalue weighted by atomic mass is 9.84. The molecule has 1 aromatic heterocycles. The summed E-state index contributed by atoms with van der Waals surface area (Å²) in [4.78, 5) is 18.2. The molecule has 1 N–H and O–H groups in total. The predicted octanol–water partition coefficient (Wildman–Crippen LogP) is 4.81. The van der Waals surface area contributed by atoms with Crippen molar-refractivity contribution < 1.29 is 4.79 Å². The molecule has 0 aliphatic heterocycles. The summed E-state index contributed by atoms with van der Waals surface area (Å²) in [5, 5.41) is 4.38. The van der Waals surface area contributed by atoms with Crippen molar-refractivity contribution in [2.24, 2.45) is 5.92 Å². The molecule has 132 valence electrons.